The molecule has 1 fully saturated rings. The van der Waals surface area contributed by atoms with Crippen molar-refractivity contribution in [1.29, 1.82) is 0 Å². The van der Waals surface area contributed by atoms with Crippen molar-refractivity contribution in [2.75, 3.05) is 17.6 Å². The van der Waals surface area contributed by atoms with Gasteiger partial charge < -0.3 is 15.6 Å². The second-order valence-corrected chi connectivity index (χ2v) is 7.52. The van der Waals surface area contributed by atoms with E-state index < -0.39 is 0 Å². The lowest BCUT2D eigenvalue weighted by molar-refractivity contribution is 0.321. The maximum absolute atomic E-state index is 6.13. The number of aryl methyl sites for hydroxylation is 1. The molecule has 1 aliphatic rings. The summed E-state index contributed by atoms with van der Waals surface area (Å²) in [7, 11) is 0. The Morgan fingerprint density at radius 1 is 1.07 bits per heavy atom. The second-order valence-electron chi connectivity index (χ2n) is 7.52. The molecule has 0 radical (unpaired) electrons. The number of nitrogens with two attached hydrogens (primary N) is 1. The van der Waals surface area contributed by atoms with Crippen LogP contribution < -0.4 is 11.1 Å². The third-order valence-electron chi connectivity index (χ3n) is 5.44. The molecule has 2 aromatic heterocycles. The lowest BCUT2D eigenvalue weighted by Gasteiger charge is -2.21. The Kier molecular flexibility index (Phi) is 5.51. The summed E-state index contributed by atoms with van der Waals surface area (Å²) in [6.45, 7) is 1.79. The Morgan fingerprint density at radius 3 is 2.70 bits per heavy atom. The zero-order valence-electron chi connectivity index (χ0n) is 15.8. The third kappa shape index (κ3) is 4.38. The van der Waals surface area contributed by atoms with E-state index in [9.17, 15) is 0 Å². The summed E-state index contributed by atoms with van der Waals surface area (Å²) in [6, 6.07) is 10.5. The molecule has 0 bridgehead atoms. The summed E-state index contributed by atoms with van der Waals surface area (Å²) in [4.78, 5) is 13.5. The minimum absolute atomic E-state index is 0.452. The van der Waals surface area contributed by atoms with Crippen molar-refractivity contribution in [3.8, 4) is 0 Å². The van der Waals surface area contributed by atoms with Gasteiger partial charge in [-0.1, -0.05) is 49.6 Å². The first kappa shape index (κ1) is 17.8. The molecule has 3 aromatic rings. The van der Waals surface area contributed by atoms with Gasteiger partial charge >= 0.3 is 0 Å². The topological polar surface area (TPSA) is 81.7 Å². The van der Waals surface area contributed by atoms with E-state index in [0.29, 0.717) is 17.3 Å². The fraction of sp³-hybridized carbons (Fsp3) is 0.476. The molecular weight excluding hydrogens is 336 g/mol. The van der Waals surface area contributed by atoms with Crippen LogP contribution in [0.1, 0.15) is 44.1 Å². The largest absolute Gasteiger partial charge is 0.382 e. The van der Waals surface area contributed by atoms with Crippen LogP contribution in [-0.4, -0.2) is 26.1 Å². The number of nitrogens with zero attached hydrogens (tertiary/aromatic N) is 4. The zero-order valence-corrected chi connectivity index (χ0v) is 15.8. The number of nitrogens with one attached hydrogen (secondary N) is 1. The van der Waals surface area contributed by atoms with E-state index in [1.807, 2.05) is 12.4 Å². The Hall–Kier alpha value is -2.63. The van der Waals surface area contributed by atoms with Gasteiger partial charge in [0.2, 0.25) is 5.95 Å². The van der Waals surface area contributed by atoms with Gasteiger partial charge in [0, 0.05) is 13.1 Å². The summed E-state index contributed by atoms with van der Waals surface area (Å²) in [5, 5.41) is 3.33. The predicted molar refractivity (Wildman–Crippen MR) is 110 cm³/mol. The van der Waals surface area contributed by atoms with Crippen LogP contribution in [0.2, 0.25) is 0 Å². The molecule has 1 saturated carbocycles. The van der Waals surface area contributed by atoms with E-state index in [0.717, 1.165) is 37.5 Å². The molecular formula is C21H28N6. The van der Waals surface area contributed by atoms with Crippen LogP contribution in [0, 0.1) is 5.92 Å². The van der Waals surface area contributed by atoms with Crippen molar-refractivity contribution in [2.45, 2.75) is 51.5 Å². The summed E-state index contributed by atoms with van der Waals surface area (Å²) < 4.78 is 2.15. The number of rotatable bonds is 7. The molecule has 3 N–H and O–H groups in total. The standard InChI is InChI=1S/C21H28N6/c22-19-18-20(27(15-24-18)14-17-10-5-2-6-11-17)26-21(25-19)23-13-7-12-16-8-3-1-4-9-16/h1,3-4,8-9,15,17H,2,5-7,10-14H2,(H3,22,23,25,26). The maximum atomic E-state index is 6.13. The smallest absolute Gasteiger partial charge is 0.226 e. The molecule has 1 aromatic carbocycles. The Bertz CT molecular complexity index is 867. The van der Waals surface area contributed by atoms with Crippen LogP contribution in [0.4, 0.5) is 11.8 Å². The first-order valence-electron chi connectivity index (χ1n) is 10.1. The minimum atomic E-state index is 0.452. The highest BCUT2D eigenvalue weighted by molar-refractivity contribution is 5.82. The number of nitrogen functional groups attached to an aromatic ring is 1. The van der Waals surface area contributed by atoms with Crippen LogP contribution in [0.3, 0.4) is 0 Å². The summed E-state index contributed by atoms with van der Waals surface area (Å²) in [6.07, 6.45) is 10.6. The second kappa shape index (κ2) is 8.37. The summed E-state index contributed by atoms with van der Waals surface area (Å²) >= 11 is 0. The first-order chi connectivity index (χ1) is 13.3. The molecule has 0 aliphatic heterocycles. The highest BCUT2D eigenvalue weighted by Crippen LogP contribution is 2.27. The SMILES string of the molecule is Nc1nc(NCCCc2ccccc2)nc2c1ncn2CC1CCCCC1. The van der Waals surface area contributed by atoms with E-state index in [1.54, 1.807) is 0 Å². The van der Waals surface area contributed by atoms with E-state index in [-0.39, 0.29) is 0 Å². The number of anilines is 2. The maximum Gasteiger partial charge on any atom is 0.226 e. The van der Waals surface area contributed by atoms with Crippen LogP contribution in [0.15, 0.2) is 36.7 Å². The highest BCUT2D eigenvalue weighted by atomic mass is 15.2. The van der Waals surface area contributed by atoms with Gasteiger partial charge in [0.05, 0.1) is 6.33 Å². The summed E-state index contributed by atoms with van der Waals surface area (Å²) in [5.74, 6) is 1.76. The fourth-order valence-corrected chi connectivity index (χ4v) is 3.96. The zero-order chi connectivity index (χ0) is 18.5. The molecule has 4 rings (SSSR count). The van der Waals surface area contributed by atoms with Gasteiger partial charge in [-0.3, -0.25) is 0 Å². The molecule has 27 heavy (non-hydrogen) atoms. The highest BCUT2D eigenvalue weighted by Gasteiger charge is 2.17. The average Bonchev–Trinajstić information content (AvgIpc) is 3.10. The molecule has 6 heteroatoms. The average molecular weight is 364 g/mol. The van der Waals surface area contributed by atoms with E-state index in [4.69, 9.17) is 10.7 Å². The van der Waals surface area contributed by atoms with E-state index in [1.165, 1.54) is 37.7 Å². The van der Waals surface area contributed by atoms with Gasteiger partial charge in [-0.25, -0.2) is 4.98 Å². The van der Waals surface area contributed by atoms with Crippen LogP contribution >= 0.6 is 0 Å². The molecule has 0 saturated heterocycles. The third-order valence-corrected chi connectivity index (χ3v) is 5.44. The van der Waals surface area contributed by atoms with Gasteiger partial charge in [-0.05, 0) is 37.2 Å². The van der Waals surface area contributed by atoms with Gasteiger partial charge in [0.1, 0.15) is 5.52 Å². The number of hydrogen-bond donors (Lipinski definition) is 2. The quantitative estimate of drug-likeness (QED) is 0.619. The Morgan fingerprint density at radius 2 is 1.89 bits per heavy atom. The molecule has 142 valence electrons. The van der Waals surface area contributed by atoms with E-state index in [2.05, 4.69) is 44.1 Å². The van der Waals surface area contributed by atoms with Crippen LogP contribution in [-0.2, 0) is 13.0 Å². The molecule has 6 nitrogen and oxygen atoms in total. The Balaban J connectivity index is 1.41. The monoisotopic (exact) mass is 364 g/mol. The lowest BCUT2D eigenvalue weighted by atomic mass is 9.89. The molecule has 1 aliphatic carbocycles. The van der Waals surface area contributed by atoms with Crippen molar-refractivity contribution in [2.24, 2.45) is 5.92 Å². The molecule has 2 heterocycles. The van der Waals surface area contributed by atoms with Gasteiger partial charge in [-0.15, -0.1) is 0 Å². The van der Waals surface area contributed by atoms with Crippen molar-refractivity contribution >= 4 is 22.9 Å². The first-order valence-corrected chi connectivity index (χ1v) is 10.1. The number of imidazole rings is 1. The van der Waals surface area contributed by atoms with Crippen molar-refractivity contribution in [3.05, 3.63) is 42.2 Å². The van der Waals surface area contributed by atoms with Crippen molar-refractivity contribution in [1.82, 2.24) is 19.5 Å². The number of fused-ring (bicyclic) bond motifs is 1. The minimum Gasteiger partial charge on any atom is -0.382 e. The fourth-order valence-electron chi connectivity index (χ4n) is 3.96. The molecule has 0 amide bonds. The van der Waals surface area contributed by atoms with Crippen molar-refractivity contribution < 1.29 is 0 Å². The molecule has 0 atom stereocenters. The van der Waals surface area contributed by atoms with Gasteiger partial charge in [-0.2, -0.15) is 9.97 Å². The van der Waals surface area contributed by atoms with Gasteiger partial charge in [0.25, 0.3) is 0 Å². The molecule has 0 unspecified atom stereocenters. The lowest BCUT2D eigenvalue weighted by Crippen LogP contribution is -2.14. The Labute approximate surface area is 160 Å². The van der Waals surface area contributed by atoms with E-state index >= 15 is 0 Å². The number of hydrogen-bond acceptors (Lipinski definition) is 5. The molecule has 0 spiro atoms. The number of benzene rings is 1. The van der Waals surface area contributed by atoms with Crippen molar-refractivity contribution in [3.63, 3.8) is 0 Å². The van der Waals surface area contributed by atoms with Gasteiger partial charge in [0.15, 0.2) is 11.5 Å². The normalized spacial score (nSPS) is 15.3. The number of aromatic nitrogens is 4. The summed E-state index contributed by atoms with van der Waals surface area (Å²) in [5.41, 5.74) is 9.03. The van der Waals surface area contributed by atoms with Crippen LogP contribution in [0.25, 0.3) is 11.2 Å². The van der Waals surface area contributed by atoms with Crippen LogP contribution in [0.5, 0.6) is 0 Å². The predicted octanol–water partition coefficient (Wildman–Crippen LogP) is 4.03.